The van der Waals surface area contributed by atoms with E-state index in [0.717, 1.165) is 67.7 Å². The number of methoxy groups -OCH3 is 1. The normalized spacial score (nSPS) is 19.8. The Bertz CT molecular complexity index is 1070. The molecule has 0 aliphatic carbocycles. The van der Waals surface area contributed by atoms with Gasteiger partial charge in [-0.05, 0) is 86.5 Å². The van der Waals surface area contributed by atoms with Crippen LogP contribution in [0, 0.1) is 11.8 Å². The van der Waals surface area contributed by atoms with E-state index >= 15 is 0 Å². The zero-order chi connectivity index (χ0) is 23.9. The molecule has 3 heterocycles. The lowest BCUT2D eigenvalue weighted by Gasteiger charge is -2.38. The summed E-state index contributed by atoms with van der Waals surface area (Å²) < 4.78 is 7.28. The highest BCUT2D eigenvalue weighted by molar-refractivity contribution is 5.83. The molecule has 1 aliphatic heterocycles. The van der Waals surface area contributed by atoms with Crippen molar-refractivity contribution in [2.75, 3.05) is 26.7 Å². The molecule has 2 aromatic heterocycles. The van der Waals surface area contributed by atoms with Crippen molar-refractivity contribution in [1.29, 1.82) is 0 Å². The number of carbonyl (C=O) groups is 1. The van der Waals surface area contributed by atoms with Crippen LogP contribution in [-0.4, -0.2) is 62.6 Å². The molecule has 1 aliphatic rings. The molecule has 0 radical (unpaired) electrons. The average Bonchev–Trinajstić information content (AvgIpc) is 3.36. The number of aliphatic hydroxyl groups is 1. The van der Waals surface area contributed by atoms with Crippen molar-refractivity contribution < 1.29 is 19.7 Å². The SMILES string of the molecule is COc1ccc2nccc(C(O)CC[C@@H]3CCN(CCCn4cccn4)C[C@@H]3CC(=O)O)c2c1. The van der Waals surface area contributed by atoms with Gasteiger partial charge in [0.25, 0.3) is 0 Å². The minimum Gasteiger partial charge on any atom is -0.497 e. The molecule has 1 fully saturated rings. The van der Waals surface area contributed by atoms with Gasteiger partial charge >= 0.3 is 5.97 Å². The van der Waals surface area contributed by atoms with Crippen molar-refractivity contribution in [3.8, 4) is 5.75 Å². The highest BCUT2D eigenvalue weighted by atomic mass is 16.5. The number of benzene rings is 1. The number of pyridine rings is 1. The second kappa shape index (κ2) is 11.4. The summed E-state index contributed by atoms with van der Waals surface area (Å²) >= 11 is 0. The number of carboxylic acids is 1. The maximum absolute atomic E-state index is 11.6. The number of carboxylic acid groups (broad SMARTS) is 1. The van der Waals surface area contributed by atoms with Crippen LogP contribution in [0.3, 0.4) is 0 Å². The first-order chi connectivity index (χ1) is 16.5. The number of ether oxygens (including phenoxy) is 1. The van der Waals surface area contributed by atoms with E-state index in [1.807, 2.05) is 41.2 Å². The number of piperidine rings is 1. The molecular formula is C26H34N4O4. The Kier molecular flexibility index (Phi) is 8.13. The predicted molar refractivity (Wildman–Crippen MR) is 130 cm³/mol. The van der Waals surface area contributed by atoms with Crippen LogP contribution >= 0.6 is 0 Å². The fourth-order valence-electron chi connectivity index (χ4n) is 5.18. The van der Waals surface area contributed by atoms with Gasteiger partial charge in [0.2, 0.25) is 0 Å². The third-order valence-corrected chi connectivity index (χ3v) is 6.99. The summed E-state index contributed by atoms with van der Waals surface area (Å²) in [6.45, 7) is 3.57. The van der Waals surface area contributed by atoms with Crippen LogP contribution in [0.2, 0.25) is 0 Å². The number of aliphatic hydroxyl groups excluding tert-OH is 1. The van der Waals surface area contributed by atoms with Gasteiger partial charge < -0.3 is 19.8 Å². The topological polar surface area (TPSA) is 101 Å². The van der Waals surface area contributed by atoms with E-state index in [1.165, 1.54) is 0 Å². The maximum Gasteiger partial charge on any atom is 0.303 e. The Morgan fingerprint density at radius 3 is 2.88 bits per heavy atom. The van der Waals surface area contributed by atoms with Gasteiger partial charge in [-0.3, -0.25) is 14.5 Å². The highest BCUT2D eigenvalue weighted by Crippen LogP contribution is 2.34. The molecule has 34 heavy (non-hydrogen) atoms. The molecular weight excluding hydrogens is 432 g/mol. The van der Waals surface area contributed by atoms with Gasteiger partial charge in [0.05, 0.1) is 18.7 Å². The van der Waals surface area contributed by atoms with Gasteiger partial charge in [0.15, 0.2) is 0 Å². The van der Waals surface area contributed by atoms with E-state index in [4.69, 9.17) is 4.74 Å². The standard InChI is InChI=1S/C26H34N4O4/c1-34-21-5-6-24-23(17-21)22(8-11-27-24)25(31)7-4-19-9-15-29(18-20(19)16-26(32)33)12-3-14-30-13-2-10-28-30/h2,5-6,8,10-11,13,17,19-20,25,31H,3-4,7,9,12,14-16,18H2,1H3,(H,32,33)/t19-,20+,25?/m1/s1. The van der Waals surface area contributed by atoms with Crippen molar-refractivity contribution in [3.05, 3.63) is 54.5 Å². The van der Waals surface area contributed by atoms with Gasteiger partial charge in [-0.2, -0.15) is 5.10 Å². The molecule has 0 bridgehead atoms. The molecule has 0 spiro atoms. The van der Waals surface area contributed by atoms with Crippen LogP contribution < -0.4 is 4.74 Å². The van der Waals surface area contributed by atoms with Crippen LogP contribution in [0.25, 0.3) is 10.9 Å². The number of aromatic nitrogens is 3. The predicted octanol–water partition coefficient (Wildman–Crippen LogP) is 3.76. The Morgan fingerprint density at radius 2 is 2.12 bits per heavy atom. The van der Waals surface area contributed by atoms with Gasteiger partial charge in [0.1, 0.15) is 5.75 Å². The van der Waals surface area contributed by atoms with Gasteiger partial charge in [-0.25, -0.2) is 0 Å². The Hall–Kier alpha value is -2.97. The lowest BCUT2D eigenvalue weighted by atomic mass is 9.79. The van der Waals surface area contributed by atoms with Crippen molar-refractivity contribution in [2.45, 2.75) is 44.8 Å². The fraction of sp³-hybridized carbons (Fsp3) is 0.500. The smallest absolute Gasteiger partial charge is 0.303 e. The van der Waals surface area contributed by atoms with Crippen LogP contribution in [0.15, 0.2) is 48.9 Å². The van der Waals surface area contributed by atoms with Crippen molar-refractivity contribution in [3.63, 3.8) is 0 Å². The fourth-order valence-corrected chi connectivity index (χ4v) is 5.18. The van der Waals surface area contributed by atoms with Crippen LogP contribution in [-0.2, 0) is 11.3 Å². The van der Waals surface area contributed by atoms with Gasteiger partial charge in [0, 0.05) is 43.5 Å². The van der Waals surface area contributed by atoms with Gasteiger partial charge in [-0.15, -0.1) is 0 Å². The van der Waals surface area contributed by atoms with Crippen molar-refractivity contribution >= 4 is 16.9 Å². The summed E-state index contributed by atoms with van der Waals surface area (Å²) in [5.41, 5.74) is 1.67. The van der Waals surface area contributed by atoms with E-state index in [2.05, 4.69) is 15.0 Å². The van der Waals surface area contributed by atoms with E-state index < -0.39 is 12.1 Å². The third-order valence-electron chi connectivity index (χ3n) is 6.99. The molecule has 1 aromatic carbocycles. The number of rotatable bonds is 11. The molecule has 1 saturated heterocycles. The molecule has 182 valence electrons. The van der Waals surface area contributed by atoms with Crippen LogP contribution in [0.5, 0.6) is 5.75 Å². The number of fused-ring (bicyclic) bond motifs is 1. The largest absolute Gasteiger partial charge is 0.497 e. The second-order valence-corrected chi connectivity index (χ2v) is 9.21. The molecule has 4 rings (SSSR count). The monoisotopic (exact) mass is 466 g/mol. The zero-order valence-electron chi connectivity index (χ0n) is 19.7. The number of aliphatic carboxylic acids is 1. The summed E-state index contributed by atoms with van der Waals surface area (Å²) in [4.78, 5) is 18.3. The van der Waals surface area contributed by atoms with Crippen LogP contribution in [0.1, 0.15) is 43.8 Å². The number of aryl methyl sites for hydroxylation is 1. The number of hydrogen-bond donors (Lipinski definition) is 2. The second-order valence-electron chi connectivity index (χ2n) is 9.21. The van der Waals surface area contributed by atoms with E-state index in [0.29, 0.717) is 6.42 Å². The first-order valence-electron chi connectivity index (χ1n) is 12.1. The highest BCUT2D eigenvalue weighted by Gasteiger charge is 2.31. The minimum atomic E-state index is -0.749. The Morgan fingerprint density at radius 1 is 1.24 bits per heavy atom. The summed E-state index contributed by atoms with van der Waals surface area (Å²) in [6.07, 6.45) is 8.36. The van der Waals surface area contributed by atoms with Crippen molar-refractivity contribution in [1.82, 2.24) is 19.7 Å². The molecule has 3 aromatic rings. The number of nitrogens with zero attached hydrogens (tertiary/aromatic N) is 4. The third kappa shape index (κ3) is 6.12. The molecule has 0 saturated carbocycles. The first-order valence-corrected chi connectivity index (χ1v) is 12.1. The van der Waals surface area contributed by atoms with E-state index in [-0.39, 0.29) is 18.3 Å². The summed E-state index contributed by atoms with van der Waals surface area (Å²) in [5.74, 6) is 0.366. The molecule has 3 atom stereocenters. The molecule has 1 unspecified atom stereocenters. The first kappa shape index (κ1) is 24.2. The molecule has 0 amide bonds. The number of likely N-dealkylation sites (tertiary alicyclic amines) is 1. The lowest BCUT2D eigenvalue weighted by Crippen LogP contribution is -2.42. The van der Waals surface area contributed by atoms with E-state index in [9.17, 15) is 15.0 Å². The quantitative estimate of drug-likeness (QED) is 0.444. The zero-order valence-corrected chi connectivity index (χ0v) is 19.7. The number of hydrogen-bond acceptors (Lipinski definition) is 6. The molecule has 8 nitrogen and oxygen atoms in total. The van der Waals surface area contributed by atoms with Gasteiger partial charge in [-0.1, -0.05) is 0 Å². The average molecular weight is 467 g/mol. The summed E-state index contributed by atoms with van der Waals surface area (Å²) in [6, 6.07) is 9.47. The van der Waals surface area contributed by atoms with E-state index in [1.54, 1.807) is 19.5 Å². The van der Waals surface area contributed by atoms with Crippen molar-refractivity contribution in [2.24, 2.45) is 11.8 Å². The minimum absolute atomic E-state index is 0.0948. The molecule has 2 N–H and O–H groups in total. The molecule has 8 heteroatoms. The Balaban J connectivity index is 1.35. The maximum atomic E-state index is 11.6. The summed E-state index contributed by atoms with van der Waals surface area (Å²) in [7, 11) is 1.62. The summed E-state index contributed by atoms with van der Waals surface area (Å²) in [5, 5.41) is 25.7. The lowest BCUT2D eigenvalue weighted by molar-refractivity contribution is -0.139. The Labute approximate surface area is 200 Å². The van der Waals surface area contributed by atoms with Crippen LogP contribution in [0.4, 0.5) is 0 Å².